The van der Waals surface area contributed by atoms with E-state index in [0.29, 0.717) is 6.04 Å². The van der Waals surface area contributed by atoms with Gasteiger partial charge in [-0.2, -0.15) is 0 Å². The van der Waals surface area contributed by atoms with Crippen LogP contribution < -0.4 is 5.32 Å². The smallest absolute Gasteiger partial charge is 0.147 e. The molecular weight excluding hydrogens is 226 g/mol. The molecule has 1 aromatic heterocycles. The minimum absolute atomic E-state index is 0.327. The maximum atomic E-state index is 4.78. The van der Waals surface area contributed by atoms with Crippen molar-refractivity contribution in [1.29, 1.82) is 0 Å². The van der Waals surface area contributed by atoms with Gasteiger partial charge in [-0.1, -0.05) is 0 Å². The van der Waals surface area contributed by atoms with Crippen LogP contribution in [0.2, 0.25) is 0 Å². The van der Waals surface area contributed by atoms with E-state index in [2.05, 4.69) is 36.1 Å². The summed E-state index contributed by atoms with van der Waals surface area (Å²) in [4.78, 5) is 14.2. The van der Waals surface area contributed by atoms with E-state index in [4.69, 9.17) is 9.97 Å². The van der Waals surface area contributed by atoms with Crippen LogP contribution in [0, 0.1) is 6.92 Å². The van der Waals surface area contributed by atoms with Crippen LogP contribution in [0.25, 0.3) is 0 Å². The van der Waals surface area contributed by atoms with E-state index >= 15 is 0 Å². The minimum atomic E-state index is 0.327. The van der Waals surface area contributed by atoms with Crippen LogP contribution in [0.3, 0.4) is 0 Å². The average Bonchev–Trinajstić information content (AvgIpc) is 2.81. The van der Waals surface area contributed by atoms with Crippen molar-refractivity contribution in [3.8, 4) is 0 Å². The number of nitrogens with one attached hydrogen (secondary N) is 1. The van der Waals surface area contributed by atoms with E-state index in [1.165, 1.54) is 11.3 Å². The van der Waals surface area contributed by atoms with Gasteiger partial charge in [-0.3, -0.25) is 4.90 Å². The number of piperazine rings is 1. The van der Waals surface area contributed by atoms with Gasteiger partial charge < -0.3 is 10.2 Å². The van der Waals surface area contributed by atoms with Crippen LogP contribution >= 0.6 is 0 Å². The highest BCUT2D eigenvalue weighted by molar-refractivity contribution is 5.29. The number of fused-ring (bicyclic) bond motifs is 1. The van der Waals surface area contributed by atoms with Crippen molar-refractivity contribution in [2.24, 2.45) is 0 Å². The molecule has 98 valence electrons. The van der Waals surface area contributed by atoms with Crippen molar-refractivity contribution in [2.75, 3.05) is 33.7 Å². The second kappa shape index (κ2) is 4.57. The largest absolute Gasteiger partial charge is 0.307 e. The van der Waals surface area contributed by atoms with Gasteiger partial charge in [0, 0.05) is 44.0 Å². The second-order valence-corrected chi connectivity index (χ2v) is 5.45. The van der Waals surface area contributed by atoms with Crippen LogP contribution in [0.15, 0.2) is 0 Å². The zero-order valence-corrected chi connectivity index (χ0v) is 11.4. The molecule has 1 atom stereocenters. The Hall–Kier alpha value is -1.04. The molecule has 3 rings (SSSR count). The molecule has 0 amide bonds. The topological polar surface area (TPSA) is 44.3 Å². The van der Waals surface area contributed by atoms with E-state index in [1.54, 1.807) is 0 Å². The lowest BCUT2D eigenvalue weighted by atomic mass is 10.1. The fraction of sp³-hybridized carbons (Fsp3) is 0.692. The molecule has 0 saturated carbocycles. The Labute approximate surface area is 108 Å². The summed E-state index contributed by atoms with van der Waals surface area (Å²) < 4.78 is 0. The summed E-state index contributed by atoms with van der Waals surface area (Å²) in [6, 6.07) is 0.327. The van der Waals surface area contributed by atoms with Crippen molar-refractivity contribution in [3.63, 3.8) is 0 Å². The molecule has 0 aliphatic carbocycles. The molecule has 2 aliphatic heterocycles. The first kappa shape index (κ1) is 12.0. The quantitative estimate of drug-likeness (QED) is 0.773. The Morgan fingerprint density at radius 3 is 2.83 bits per heavy atom. The van der Waals surface area contributed by atoms with E-state index in [9.17, 15) is 0 Å². The Bertz CT molecular complexity index is 459. The molecule has 5 heteroatoms. The zero-order chi connectivity index (χ0) is 12.7. The zero-order valence-electron chi connectivity index (χ0n) is 11.4. The summed E-state index contributed by atoms with van der Waals surface area (Å²) in [7, 11) is 4.34. The second-order valence-electron chi connectivity index (χ2n) is 5.45. The number of nitrogens with zero attached hydrogens (tertiary/aromatic N) is 4. The van der Waals surface area contributed by atoms with Crippen molar-refractivity contribution < 1.29 is 0 Å². The molecule has 1 saturated heterocycles. The van der Waals surface area contributed by atoms with Crippen molar-refractivity contribution in [3.05, 3.63) is 22.8 Å². The van der Waals surface area contributed by atoms with Gasteiger partial charge in [0.15, 0.2) is 0 Å². The highest BCUT2D eigenvalue weighted by atomic mass is 15.3. The van der Waals surface area contributed by atoms with E-state index < -0.39 is 0 Å². The highest BCUT2D eigenvalue weighted by Crippen LogP contribution is 2.24. The van der Waals surface area contributed by atoms with E-state index in [1.807, 2.05) is 0 Å². The first-order chi connectivity index (χ1) is 8.65. The molecular formula is C13H21N5. The fourth-order valence-corrected chi connectivity index (χ4v) is 2.80. The van der Waals surface area contributed by atoms with Crippen LogP contribution in [0.5, 0.6) is 0 Å². The van der Waals surface area contributed by atoms with Gasteiger partial charge in [-0.15, -0.1) is 0 Å². The molecule has 1 N–H and O–H groups in total. The molecule has 1 aromatic rings. The maximum absolute atomic E-state index is 4.78. The van der Waals surface area contributed by atoms with Crippen molar-refractivity contribution in [1.82, 2.24) is 25.1 Å². The molecule has 0 spiro atoms. The third-order valence-corrected chi connectivity index (χ3v) is 4.06. The van der Waals surface area contributed by atoms with Gasteiger partial charge >= 0.3 is 0 Å². The predicted octanol–water partition coefficient (Wildman–Crippen LogP) is 0.307. The molecule has 5 nitrogen and oxygen atoms in total. The van der Waals surface area contributed by atoms with Crippen molar-refractivity contribution in [2.45, 2.75) is 26.1 Å². The lowest BCUT2D eigenvalue weighted by Gasteiger charge is -2.36. The van der Waals surface area contributed by atoms with Crippen LogP contribution in [-0.4, -0.2) is 53.5 Å². The van der Waals surface area contributed by atoms with E-state index in [-0.39, 0.29) is 0 Å². The third kappa shape index (κ3) is 2.02. The molecule has 2 aliphatic rings. The van der Waals surface area contributed by atoms with Crippen molar-refractivity contribution >= 4 is 0 Å². The first-order valence-corrected chi connectivity index (χ1v) is 6.61. The number of hydrogen-bond acceptors (Lipinski definition) is 5. The fourth-order valence-electron chi connectivity index (χ4n) is 2.80. The molecule has 1 fully saturated rings. The molecule has 3 heterocycles. The highest BCUT2D eigenvalue weighted by Gasteiger charge is 2.28. The van der Waals surface area contributed by atoms with Crippen LogP contribution in [0.4, 0.5) is 0 Å². The summed E-state index contributed by atoms with van der Waals surface area (Å²) in [5.41, 5.74) is 3.63. The summed E-state index contributed by atoms with van der Waals surface area (Å²) in [6.07, 6.45) is 0. The van der Waals surface area contributed by atoms with Crippen LogP contribution in [0.1, 0.15) is 28.8 Å². The molecule has 18 heavy (non-hydrogen) atoms. The normalized spacial score (nSPS) is 25.4. The number of likely N-dealkylation sites (N-methyl/N-ethyl adjacent to an activating group) is 2. The maximum Gasteiger partial charge on any atom is 0.147 e. The summed E-state index contributed by atoms with van der Waals surface area (Å²) in [5.74, 6) is 0.990. The Morgan fingerprint density at radius 2 is 2.00 bits per heavy atom. The average molecular weight is 247 g/mol. The molecule has 0 radical (unpaired) electrons. The number of aryl methyl sites for hydroxylation is 1. The monoisotopic (exact) mass is 247 g/mol. The Morgan fingerprint density at radius 1 is 1.17 bits per heavy atom. The number of hydrogen-bond donors (Lipinski definition) is 1. The van der Waals surface area contributed by atoms with Gasteiger partial charge in [0.2, 0.25) is 0 Å². The van der Waals surface area contributed by atoms with E-state index in [0.717, 1.165) is 44.2 Å². The molecule has 0 bridgehead atoms. The summed E-state index contributed by atoms with van der Waals surface area (Å²) in [5, 5.41) is 3.35. The Balaban J connectivity index is 1.94. The SMILES string of the molecule is Cc1nc(C2CN(C)CCN2C)nc2c1CNC2. The first-order valence-electron chi connectivity index (χ1n) is 6.61. The summed E-state index contributed by atoms with van der Waals surface area (Å²) in [6.45, 7) is 7.13. The standard InChI is InChI=1S/C13H21N5/c1-9-10-6-14-7-11(10)16-13(15-9)12-8-17(2)4-5-18(12)3/h12,14H,4-8H2,1-3H3. The van der Waals surface area contributed by atoms with Gasteiger partial charge in [0.25, 0.3) is 0 Å². The third-order valence-electron chi connectivity index (χ3n) is 4.06. The van der Waals surface area contributed by atoms with Crippen LogP contribution in [-0.2, 0) is 13.1 Å². The number of rotatable bonds is 1. The predicted molar refractivity (Wildman–Crippen MR) is 70.2 cm³/mol. The molecule has 1 unspecified atom stereocenters. The molecule has 0 aromatic carbocycles. The minimum Gasteiger partial charge on any atom is -0.307 e. The van der Waals surface area contributed by atoms with Gasteiger partial charge in [-0.25, -0.2) is 9.97 Å². The van der Waals surface area contributed by atoms with Gasteiger partial charge in [-0.05, 0) is 21.0 Å². The van der Waals surface area contributed by atoms with Gasteiger partial charge in [0.05, 0.1) is 11.7 Å². The lowest BCUT2D eigenvalue weighted by molar-refractivity contribution is 0.109. The lowest BCUT2D eigenvalue weighted by Crippen LogP contribution is -2.45. The Kier molecular flexibility index (Phi) is 3.05. The van der Waals surface area contributed by atoms with Gasteiger partial charge in [0.1, 0.15) is 5.82 Å². The number of aromatic nitrogens is 2. The summed E-state index contributed by atoms with van der Waals surface area (Å²) >= 11 is 0.